The summed E-state index contributed by atoms with van der Waals surface area (Å²) >= 11 is 1.73. The molecule has 0 aliphatic rings. The van der Waals surface area contributed by atoms with Crippen LogP contribution in [0.25, 0.3) is 0 Å². The van der Waals surface area contributed by atoms with E-state index in [9.17, 15) is 0 Å². The third kappa shape index (κ3) is 4.96. The molecular weight excluding hydrogens is 318 g/mol. The van der Waals surface area contributed by atoms with Crippen molar-refractivity contribution < 1.29 is 0 Å². The molecule has 0 bridgehead atoms. The summed E-state index contributed by atoms with van der Waals surface area (Å²) in [5.74, 6) is 0.814. The minimum atomic E-state index is 0.346. The Hall–Kier alpha value is -2.08. The summed E-state index contributed by atoms with van der Waals surface area (Å²) in [6.45, 7) is 7.85. The van der Waals surface area contributed by atoms with Crippen LogP contribution in [0.2, 0.25) is 0 Å². The quantitative estimate of drug-likeness (QED) is 0.624. The molecule has 0 saturated heterocycles. The van der Waals surface area contributed by atoms with Gasteiger partial charge in [-0.25, -0.2) is 4.98 Å². The highest BCUT2D eigenvalue weighted by atomic mass is 32.1. The zero-order chi connectivity index (χ0) is 17.5. The van der Waals surface area contributed by atoms with Gasteiger partial charge in [-0.05, 0) is 32.9 Å². The smallest absolute Gasteiger partial charge is 0.191 e. The zero-order valence-electron chi connectivity index (χ0n) is 15.1. The van der Waals surface area contributed by atoms with Crippen molar-refractivity contribution in [2.75, 3.05) is 25.5 Å². The zero-order valence-corrected chi connectivity index (χ0v) is 15.9. The Morgan fingerprint density at radius 3 is 2.54 bits per heavy atom. The highest BCUT2D eigenvalue weighted by Gasteiger charge is 2.11. The van der Waals surface area contributed by atoms with Crippen molar-refractivity contribution in [1.29, 1.82) is 0 Å². The average molecular weight is 346 g/mol. The summed E-state index contributed by atoms with van der Waals surface area (Å²) < 4.78 is 0. The largest absolute Gasteiger partial charge is 0.370 e. The Morgan fingerprint density at radius 1 is 1.25 bits per heavy atom. The van der Waals surface area contributed by atoms with E-state index in [2.05, 4.69) is 63.7 Å². The topological polar surface area (TPSA) is 52.6 Å². The van der Waals surface area contributed by atoms with Crippen LogP contribution in [0.4, 0.5) is 5.69 Å². The second kappa shape index (κ2) is 8.68. The normalized spacial score (nSPS) is 12.8. The number of thiazole rings is 1. The average Bonchev–Trinajstić information content (AvgIpc) is 2.92. The number of aliphatic imine (C=N–C) groups is 1. The van der Waals surface area contributed by atoms with E-state index in [0.717, 1.165) is 29.8 Å². The molecule has 1 atom stereocenters. The summed E-state index contributed by atoms with van der Waals surface area (Å²) in [4.78, 5) is 12.3. The summed E-state index contributed by atoms with van der Waals surface area (Å²) in [5.41, 5.74) is 2.31. The van der Waals surface area contributed by atoms with Crippen molar-refractivity contribution in [2.24, 2.45) is 4.99 Å². The fraction of sp³-hybridized carbons (Fsp3) is 0.444. The molecule has 0 spiro atoms. The van der Waals surface area contributed by atoms with Gasteiger partial charge in [0.1, 0.15) is 0 Å². The lowest BCUT2D eigenvalue weighted by molar-refractivity contribution is 0.648. The molecule has 0 amide bonds. The lowest BCUT2D eigenvalue weighted by Crippen LogP contribution is -2.44. The Labute approximate surface area is 148 Å². The van der Waals surface area contributed by atoms with Crippen LogP contribution in [0.1, 0.15) is 22.5 Å². The van der Waals surface area contributed by atoms with Crippen LogP contribution in [0, 0.1) is 13.8 Å². The first-order chi connectivity index (χ1) is 11.5. The van der Waals surface area contributed by atoms with E-state index < -0.39 is 0 Å². The third-order valence-corrected chi connectivity index (χ3v) is 5.10. The van der Waals surface area contributed by atoms with Crippen molar-refractivity contribution >= 4 is 23.0 Å². The monoisotopic (exact) mass is 345 g/mol. The van der Waals surface area contributed by atoms with Gasteiger partial charge < -0.3 is 15.5 Å². The summed E-state index contributed by atoms with van der Waals surface area (Å²) in [6, 6.07) is 10.8. The van der Waals surface area contributed by atoms with E-state index >= 15 is 0 Å². The summed E-state index contributed by atoms with van der Waals surface area (Å²) in [5, 5.41) is 7.86. The number of para-hydroxylation sites is 1. The van der Waals surface area contributed by atoms with E-state index in [1.165, 1.54) is 10.6 Å². The number of nitrogens with one attached hydrogen (secondary N) is 2. The molecule has 0 aliphatic carbocycles. The molecule has 6 heteroatoms. The minimum Gasteiger partial charge on any atom is -0.370 e. The molecule has 2 rings (SSSR count). The molecular formula is C18H27N5S. The Morgan fingerprint density at radius 2 is 1.96 bits per heavy atom. The molecule has 2 N–H and O–H groups in total. The number of hydrogen-bond acceptors (Lipinski definition) is 4. The van der Waals surface area contributed by atoms with Crippen molar-refractivity contribution in [3.05, 3.63) is 45.9 Å². The van der Waals surface area contributed by atoms with Crippen LogP contribution in [-0.2, 0) is 6.54 Å². The SMILES string of the molecule is CN=C(NCc1sc(C)nc1C)NCC(C)N(C)c1ccccc1. The lowest BCUT2D eigenvalue weighted by Gasteiger charge is -2.27. The first kappa shape index (κ1) is 18.3. The number of guanidine groups is 1. The minimum absolute atomic E-state index is 0.346. The lowest BCUT2D eigenvalue weighted by atomic mass is 10.2. The Bertz CT molecular complexity index is 665. The molecule has 2 aromatic rings. The van der Waals surface area contributed by atoms with E-state index in [1.807, 2.05) is 19.9 Å². The van der Waals surface area contributed by atoms with Crippen molar-refractivity contribution in [3.63, 3.8) is 0 Å². The van der Waals surface area contributed by atoms with E-state index in [4.69, 9.17) is 0 Å². The van der Waals surface area contributed by atoms with Gasteiger partial charge in [-0.2, -0.15) is 0 Å². The third-order valence-electron chi connectivity index (χ3n) is 4.03. The standard InChI is InChI=1S/C18H27N5S/c1-13(23(5)16-9-7-6-8-10-16)11-20-18(19-4)21-12-17-14(2)22-15(3)24-17/h6-10,13H,11-12H2,1-5H3,(H2,19,20,21). The fourth-order valence-electron chi connectivity index (χ4n) is 2.42. The maximum absolute atomic E-state index is 4.46. The first-order valence-corrected chi connectivity index (χ1v) is 8.98. The number of rotatable bonds is 6. The molecule has 0 aliphatic heterocycles. The van der Waals surface area contributed by atoms with Crippen LogP contribution in [0.15, 0.2) is 35.3 Å². The maximum atomic E-state index is 4.46. The second-order valence-electron chi connectivity index (χ2n) is 5.84. The number of nitrogens with zero attached hydrogens (tertiary/aromatic N) is 3. The van der Waals surface area contributed by atoms with Crippen LogP contribution in [0.5, 0.6) is 0 Å². The van der Waals surface area contributed by atoms with Crippen molar-refractivity contribution in [2.45, 2.75) is 33.4 Å². The summed E-state index contributed by atoms with van der Waals surface area (Å²) in [7, 11) is 3.91. The molecule has 0 fully saturated rings. The van der Waals surface area contributed by atoms with Gasteiger partial charge in [0, 0.05) is 37.2 Å². The second-order valence-corrected chi connectivity index (χ2v) is 7.13. The van der Waals surface area contributed by atoms with Crippen molar-refractivity contribution in [1.82, 2.24) is 15.6 Å². The van der Waals surface area contributed by atoms with Gasteiger partial charge in [0.15, 0.2) is 5.96 Å². The number of likely N-dealkylation sites (N-methyl/N-ethyl adjacent to an activating group) is 1. The van der Waals surface area contributed by atoms with E-state index in [1.54, 1.807) is 18.4 Å². The highest BCUT2D eigenvalue weighted by molar-refractivity contribution is 7.11. The first-order valence-electron chi connectivity index (χ1n) is 8.16. The molecule has 130 valence electrons. The van der Waals surface area contributed by atoms with Gasteiger partial charge in [-0.1, -0.05) is 18.2 Å². The molecule has 1 aromatic carbocycles. The highest BCUT2D eigenvalue weighted by Crippen LogP contribution is 2.16. The number of anilines is 1. The van der Waals surface area contributed by atoms with Gasteiger partial charge in [0.05, 0.1) is 17.2 Å². The fourth-order valence-corrected chi connectivity index (χ4v) is 3.30. The number of hydrogen-bond donors (Lipinski definition) is 2. The van der Waals surface area contributed by atoms with E-state index in [0.29, 0.717) is 6.04 Å². The van der Waals surface area contributed by atoms with Crippen LogP contribution >= 0.6 is 11.3 Å². The summed E-state index contributed by atoms with van der Waals surface area (Å²) in [6.07, 6.45) is 0. The van der Waals surface area contributed by atoms with E-state index in [-0.39, 0.29) is 0 Å². The molecule has 1 aromatic heterocycles. The number of benzene rings is 1. The van der Waals surface area contributed by atoms with Crippen LogP contribution in [0.3, 0.4) is 0 Å². The van der Waals surface area contributed by atoms with Gasteiger partial charge in [-0.3, -0.25) is 4.99 Å². The Kier molecular flexibility index (Phi) is 6.61. The molecule has 0 radical (unpaired) electrons. The Balaban J connectivity index is 1.84. The molecule has 0 saturated carbocycles. The number of aryl methyl sites for hydroxylation is 2. The predicted octanol–water partition coefficient (Wildman–Crippen LogP) is 2.95. The number of aromatic nitrogens is 1. The maximum Gasteiger partial charge on any atom is 0.191 e. The van der Waals surface area contributed by atoms with Gasteiger partial charge in [0.2, 0.25) is 0 Å². The van der Waals surface area contributed by atoms with Crippen LogP contribution in [-0.4, -0.2) is 37.6 Å². The van der Waals surface area contributed by atoms with Gasteiger partial charge in [-0.15, -0.1) is 11.3 Å². The van der Waals surface area contributed by atoms with Crippen molar-refractivity contribution in [3.8, 4) is 0 Å². The predicted molar refractivity (Wildman–Crippen MR) is 104 cm³/mol. The van der Waals surface area contributed by atoms with Crippen LogP contribution < -0.4 is 15.5 Å². The molecule has 1 heterocycles. The molecule has 5 nitrogen and oxygen atoms in total. The molecule has 1 unspecified atom stereocenters. The van der Waals surface area contributed by atoms with Gasteiger partial charge in [0.25, 0.3) is 0 Å². The molecule has 24 heavy (non-hydrogen) atoms. The van der Waals surface area contributed by atoms with Gasteiger partial charge >= 0.3 is 0 Å².